The number of aryl methyl sites for hydroxylation is 1. The van der Waals surface area contributed by atoms with E-state index in [9.17, 15) is 0 Å². The molecule has 1 saturated carbocycles. The molecule has 0 N–H and O–H groups in total. The van der Waals surface area contributed by atoms with Crippen LogP contribution in [0.25, 0.3) is 0 Å². The summed E-state index contributed by atoms with van der Waals surface area (Å²) in [5.74, 6) is 1.89. The van der Waals surface area contributed by atoms with Crippen LogP contribution in [0.1, 0.15) is 30.6 Å². The van der Waals surface area contributed by atoms with E-state index in [1.165, 1.54) is 12.0 Å². The highest BCUT2D eigenvalue weighted by Crippen LogP contribution is 2.47. The monoisotopic (exact) mass is 275 g/mol. The molecule has 1 heterocycles. The molecule has 0 aliphatic heterocycles. The highest BCUT2D eigenvalue weighted by molar-refractivity contribution is 6.30. The van der Waals surface area contributed by atoms with Gasteiger partial charge in [0.2, 0.25) is 0 Å². The first-order chi connectivity index (χ1) is 9.12. The Labute approximate surface area is 119 Å². The van der Waals surface area contributed by atoms with Gasteiger partial charge in [-0.25, -0.2) is 0 Å². The zero-order valence-corrected chi connectivity index (χ0v) is 12.1. The van der Waals surface area contributed by atoms with Gasteiger partial charge in [-0.2, -0.15) is 0 Å². The van der Waals surface area contributed by atoms with Crippen LogP contribution in [0.15, 0.2) is 40.8 Å². The third-order valence-electron chi connectivity index (χ3n) is 4.26. The zero-order valence-electron chi connectivity index (χ0n) is 11.3. The number of halogens is 1. The molecule has 1 fully saturated rings. The van der Waals surface area contributed by atoms with Crippen molar-refractivity contribution >= 4 is 17.5 Å². The summed E-state index contributed by atoms with van der Waals surface area (Å²) >= 11 is 5.99. The lowest BCUT2D eigenvalue weighted by Gasteiger charge is -2.49. The summed E-state index contributed by atoms with van der Waals surface area (Å²) in [5, 5.41) is 0.787. The van der Waals surface area contributed by atoms with Gasteiger partial charge in [0.05, 0.1) is 5.54 Å². The molecule has 1 aliphatic rings. The molecule has 100 valence electrons. The average molecular weight is 276 g/mol. The molecule has 0 atom stereocenters. The van der Waals surface area contributed by atoms with E-state index in [1.54, 1.807) is 0 Å². The second-order valence-electron chi connectivity index (χ2n) is 5.34. The summed E-state index contributed by atoms with van der Waals surface area (Å²) in [6.07, 6.45) is 3.57. The maximum Gasteiger partial charge on any atom is 0.196 e. The van der Waals surface area contributed by atoms with Gasteiger partial charge in [0.25, 0.3) is 0 Å². The average Bonchev–Trinajstić information content (AvgIpc) is 2.77. The van der Waals surface area contributed by atoms with E-state index >= 15 is 0 Å². The Morgan fingerprint density at radius 1 is 1.11 bits per heavy atom. The van der Waals surface area contributed by atoms with Gasteiger partial charge in [-0.3, -0.25) is 0 Å². The standard InChI is InChI=1S/C16H18ClNO/c1-12-4-9-15(19-12)18(2)16(10-3-11-16)13-5-7-14(17)8-6-13/h4-9H,3,10-11H2,1-2H3. The summed E-state index contributed by atoms with van der Waals surface area (Å²) in [4.78, 5) is 2.27. The summed E-state index contributed by atoms with van der Waals surface area (Å²) < 4.78 is 5.77. The number of hydrogen-bond acceptors (Lipinski definition) is 2. The van der Waals surface area contributed by atoms with Gasteiger partial charge in [-0.05, 0) is 49.9 Å². The van der Waals surface area contributed by atoms with Crippen molar-refractivity contribution in [3.05, 3.63) is 52.7 Å². The molecule has 1 aromatic heterocycles. The maximum absolute atomic E-state index is 5.99. The largest absolute Gasteiger partial charge is 0.446 e. The van der Waals surface area contributed by atoms with Gasteiger partial charge in [-0.1, -0.05) is 23.7 Å². The van der Waals surface area contributed by atoms with Gasteiger partial charge in [0, 0.05) is 18.1 Å². The predicted octanol–water partition coefficient (Wildman–Crippen LogP) is 4.76. The molecule has 2 aromatic rings. The van der Waals surface area contributed by atoms with Crippen molar-refractivity contribution < 1.29 is 4.42 Å². The van der Waals surface area contributed by atoms with Crippen LogP contribution in [-0.4, -0.2) is 7.05 Å². The Hall–Kier alpha value is -1.41. The van der Waals surface area contributed by atoms with Crippen molar-refractivity contribution in [2.75, 3.05) is 11.9 Å². The number of benzene rings is 1. The fourth-order valence-corrected chi connectivity index (χ4v) is 3.03. The molecule has 0 unspecified atom stereocenters. The number of rotatable bonds is 3. The van der Waals surface area contributed by atoms with Crippen LogP contribution in [0.5, 0.6) is 0 Å². The molecule has 1 aromatic carbocycles. The Morgan fingerprint density at radius 2 is 1.79 bits per heavy atom. The van der Waals surface area contributed by atoms with Crippen molar-refractivity contribution in [3.8, 4) is 0 Å². The SMILES string of the molecule is Cc1ccc(N(C)C2(c3ccc(Cl)cc3)CCC2)o1. The maximum atomic E-state index is 5.99. The second-order valence-corrected chi connectivity index (χ2v) is 5.77. The van der Waals surface area contributed by atoms with Gasteiger partial charge in [0.15, 0.2) is 5.88 Å². The summed E-state index contributed by atoms with van der Waals surface area (Å²) in [6.45, 7) is 1.98. The summed E-state index contributed by atoms with van der Waals surface area (Å²) in [6, 6.07) is 12.3. The Kier molecular flexibility index (Phi) is 3.06. The Balaban J connectivity index is 1.96. The van der Waals surface area contributed by atoms with Gasteiger partial charge in [-0.15, -0.1) is 0 Å². The molecular weight excluding hydrogens is 258 g/mol. The molecule has 1 aliphatic carbocycles. The molecule has 3 heteroatoms. The van der Waals surface area contributed by atoms with Crippen molar-refractivity contribution in [3.63, 3.8) is 0 Å². The topological polar surface area (TPSA) is 16.4 Å². The lowest BCUT2D eigenvalue weighted by molar-refractivity contribution is 0.231. The molecule has 0 bridgehead atoms. The van der Waals surface area contributed by atoms with Crippen LogP contribution < -0.4 is 4.90 Å². The van der Waals surface area contributed by atoms with E-state index in [-0.39, 0.29) is 5.54 Å². The van der Waals surface area contributed by atoms with E-state index in [2.05, 4.69) is 24.1 Å². The van der Waals surface area contributed by atoms with Gasteiger partial charge >= 0.3 is 0 Å². The smallest absolute Gasteiger partial charge is 0.196 e. The molecule has 2 nitrogen and oxygen atoms in total. The number of nitrogens with zero attached hydrogens (tertiary/aromatic N) is 1. The van der Waals surface area contributed by atoms with Crippen LogP contribution in [0.4, 0.5) is 5.88 Å². The minimum absolute atomic E-state index is 0.0644. The lowest BCUT2D eigenvalue weighted by atomic mass is 9.70. The molecule has 0 radical (unpaired) electrons. The highest BCUT2D eigenvalue weighted by atomic mass is 35.5. The van der Waals surface area contributed by atoms with Crippen LogP contribution in [0.2, 0.25) is 5.02 Å². The number of anilines is 1. The molecule has 0 saturated heterocycles. The highest BCUT2D eigenvalue weighted by Gasteiger charge is 2.43. The number of furan rings is 1. The summed E-state index contributed by atoms with van der Waals surface area (Å²) in [7, 11) is 2.12. The molecule has 0 spiro atoms. The lowest BCUT2D eigenvalue weighted by Crippen LogP contribution is -2.49. The van der Waals surface area contributed by atoms with Gasteiger partial charge in [0.1, 0.15) is 5.76 Å². The van der Waals surface area contributed by atoms with Crippen LogP contribution in [0, 0.1) is 6.92 Å². The van der Waals surface area contributed by atoms with E-state index in [1.807, 2.05) is 31.2 Å². The first kappa shape index (κ1) is 12.6. The predicted molar refractivity (Wildman–Crippen MR) is 78.8 cm³/mol. The minimum Gasteiger partial charge on any atom is -0.446 e. The fourth-order valence-electron chi connectivity index (χ4n) is 2.90. The first-order valence-electron chi connectivity index (χ1n) is 6.68. The van der Waals surface area contributed by atoms with Crippen LogP contribution in [-0.2, 0) is 5.54 Å². The second kappa shape index (κ2) is 4.61. The van der Waals surface area contributed by atoms with E-state index < -0.39 is 0 Å². The molecular formula is C16H18ClNO. The molecule has 0 amide bonds. The third kappa shape index (κ3) is 2.04. The van der Waals surface area contributed by atoms with Crippen LogP contribution >= 0.6 is 11.6 Å². The van der Waals surface area contributed by atoms with Crippen molar-refractivity contribution in [1.82, 2.24) is 0 Å². The van der Waals surface area contributed by atoms with E-state index in [4.69, 9.17) is 16.0 Å². The van der Waals surface area contributed by atoms with Crippen molar-refractivity contribution in [2.24, 2.45) is 0 Å². The van der Waals surface area contributed by atoms with E-state index in [0.717, 1.165) is 29.5 Å². The minimum atomic E-state index is 0.0644. The normalized spacial score (nSPS) is 17.0. The van der Waals surface area contributed by atoms with Crippen LogP contribution in [0.3, 0.4) is 0 Å². The Bertz CT molecular complexity index is 569. The molecule has 19 heavy (non-hydrogen) atoms. The Morgan fingerprint density at radius 3 is 2.26 bits per heavy atom. The third-order valence-corrected chi connectivity index (χ3v) is 4.51. The van der Waals surface area contributed by atoms with Crippen molar-refractivity contribution in [2.45, 2.75) is 31.7 Å². The first-order valence-corrected chi connectivity index (χ1v) is 7.06. The summed E-state index contributed by atoms with van der Waals surface area (Å²) in [5.41, 5.74) is 1.38. The number of hydrogen-bond donors (Lipinski definition) is 0. The quantitative estimate of drug-likeness (QED) is 0.803. The molecule has 3 rings (SSSR count). The van der Waals surface area contributed by atoms with E-state index in [0.29, 0.717) is 0 Å². The zero-order chi connectivity index (χ0) is 13.5. The van der Waals surface area contributed by atoms with Crippen molar-refractivity contribution in [1.29, 1.82) is 0 Å². The fraction of sp³-hybridized carbons (Fsp3) is 0.375. The van der Waals surface area contributed by atoms with Gasteiger partial charge < -0.3 is 9.32 Å².